The molecule has 1 aliphatic heterocycles. The monoisotopic (exact) mass is 203 g/mol. The van der Waals surface area contributed by atoms with Gasteiger partial charge in [0, 0.05) is 12.1 Å². The van der Waals surface area contributed by atoms with E-state index in [1.165, 1.54) is 4.90 Å². The SMILES string of the molecule is CC1(C)CCO[C@H](CO)CN1C(=O)O. The first-order valence-corrected chi connectivity index (χ1v) is 4.70. The van der Waals surface area contributed by atoms with E-state index in [1.807, 2.05) is 13.8 Å². The zero-order chi connectivity index (χ0) is 10.8. The topological polar surface area (TPSA) is 70.0 Å². The van der Waals surface area contributed by atoms with Crippen molar-refractivity contribution in [2.75, 3.05) is 19.8 Å². The fourth-order valence-electron chi connectivity index (χ4n) is 1.56. The summed E-state index contributed by atoms with van der Waals surface area (Å²) >= 11 is 0. The maximum atomic E-state index is 11.0. The van der Waals surface area contributed by atoms with E-state index in [4.69, 9.17) is 14.9 Å². The Labute approximate surface area is 83.3 Å². The molecule has 0 radical (unpaired) electrons. The molecule has 0 bridgehead atoms. The number of aliphatic hydroxyl groups excluding tert-OH is 1. The van der Waals surface area contributed by atoms with Crippen LogP contribution < -0.4 is 0 Å². The van der Waals surface area contributed by atoms with Crippen LogP contribution in [0.3, 0.4) is 0 Å². The van der Waals surface area contributed by atoms with Crippen molar-refractivity contribution in [2.45, 2.75) is 31.9 Å². The van der Waals surface area contributed by atoms with Gasteiger partial charge in [0.15, 0.2) is 0 Å². The molecule has 14 heavy (non-hydrogen) atoms. The molecular formula is C9H17NO4. The fraction of sp³-hybridized carbons (Fsp3) is 0.889. The lowest BCUT2D eigenvalue weighted by molar-refractivity contribution is 0.0130. The molecule has 0 aliphatic carbocycles. The van der Waals surface area contributed by atoms with Crippen molar-refractivity contribution in [3.05, 3.63) is 0 Å². The van der Waals surface area contributed by atoms with Gasteiger partial charge in [0.1, 0.15) is 0 Å². The van der Waals surface area contributed by atoms with Gasteiger partial charge in [-0.15, -0.1) is 0 Å². The average Bonchev–Trinajstić information content (AvgIpc) is 2.23. The molecule has 1 fully saturated rings. The third-order valence-electron chi connectivity index (χ3n) is 2.62. The normalized spacial score (nSPS) is 27.1. The van der Waals surface area contributed by atoms with Crippen molar-refractivity contribution in [2.24, 2.45) is 0 Å². The minimum atomic E-state index is -0.959. The number of carboxylic acid groups (broad SMARTS) is 1. The number of hydrogen-bond donors (Lipinski definition) is 2. The van der Waals surface area contributed by atoms with Crippen LogP contribution in [0.2, 0.25) is 0 Å². The highest BCUT2D eigenvalue weighted by Crippen LogP contribution is 2.23. The van der Waals surface area contributed by atoms with E-state index in [0.29, 0.717) is 13.0 Å². The van der Waals surface area contributed by atoms with Gasteiger partial charge in [0.25, 0.3) is 0 Å². The van der Waals surface area contributed by atoms with Crippen molar-refractivity contribution in [3.63, 3.8) is 0 Å². The van der Waals surface area contributed by atoms with Crippen LogP contribution in [-0.2, 0) is 4.74 Å². The van der Waals surface area contributed by atoms with Gasteiger partial charge in [-0.25, -0.2) is 4.79 Å². The Morgan fingerprint density at radius 3 is 2.79 bits per heavy atom. The summed E-state index contributed by atoms with van der Waals surface area (Å²) in [6, 6.07) is 0. The maximum absolute atomic E-state index is 11.0. The molecule has 5 heteroatoms. The van der Waals surface area contributed by atoms with Crippen molar-refractivity contribution in [3.8, 4) is 0 Å². The number of aliphatic hydroxyl groups is 1. The van der Waals surface area contributed by atoms with Gasteiger partial charge in [-0.05, 0) is 20.3 Å². The van der Waals surface area contributed by atoms with E-state index in [1.54, 1.807) is 0 Å². The molecular weight excluding hydrogens is 186 g/mol. The summed E-state index contributed by atoms with van der Waals surface area (Å²) in [6.45, 7) is 4.31. The van der Waals surface area contributed by atoms with Gasteiger partial charge in [-0.1, -0.05) is 0 Å². The second-order valence-electron chi connectivity index (χ2n) is 4.13. The zero-order valence-electron chi connectivity index (χ0n) is 8.56. The smallest absolute Gasteiger partial charge is 0.407 e. The number of nitrogens with zero attached hydrogens (tertiary/aromatic N) is 1. The van der Waals surface area contributed by atoms with Crippen molar-refractivity contribution >= 4 is 6.09 Å². The standard InChI is InChI=1S/C9H17NO4/c1-9(2)3-4-14-7(6-11)5-10(9)8(12)13/h7,11H,3-6H2,1-2H3,(H,12,13)/t7-/m0/s1. The summed E-state index contributed by atoms with van der Waals surface area (Å²) < 4.78 is 5.31. The first-order chi connectivity index (χ1) is 6.47. The first-order valence-electron chi connectivity index (χ1n) is 4.70. The Hall–Kier alpha value is -0.810. The van der Waals surface area contributed by atoms with Gasteiger partial charge in [0.2, 0.25) is 0 Å². The van der Waals surface area contributed by atoms with Crippen LogP contribution in [0.25, 0.3) is 0 Å². The molecule has 1 atom stereocenters. The van der Waals surface area contributed by atoms with Crippen LogP contribution in [0.15, 0.2) is 0 Å². The lowest BCUT2D eigenvalue weighted by Crippen LogP contribution is -2.49. The Morgan fingerprint density at radius 2 is 2.29 bits per heavy atom. The molecule has 1 saturated heterocycles. The fourth-order valence-corrected chi connectivity index (χ4v) is 1.56. The summed E-state index contributed by atoms with van der Waals surface area (Å²) in [4.78, 5) is 12.3. The van der Waals surface area contributed by atoms with E-state index in [0.717, 1.165) is 0 Å². The van der Waals surface area contributed by atoms with Gasteiger partial charge >= 0.3 is 6.09 Å². The summed E-state index contributed by atoms with van der Waals surface area (Å²) in [6.07, 6.45) is -0.706. The van der Waals surface area contributed by atoms with Crippen LogP contribution in [0, 0.1) is 0 Å². The number of rotatable bonds is 1. The lowest BCUT2D eigenvalue weighted by Gasteiger charge is -2.34. The molecule has 0 saturated carbocycles. The average molecular weight is 203 g/mol. The largest absolute Gasteiger partial charge is 0.465 e. The molecule has 0 aromatic carbocycles. The Morgan fingerprint density at radius 1 is 1.64 bits per heavy atom. The lowest BCUT2D eigenvalue weighted by atomic mass is 9.99. The molecule has 2 N–H and O–H groups in total. The highest BCUT2D eigenvalue weighted by atomic mass is 16.5. The summed E-state index contributed by atoms with van der Waals surface area (Å²) in [5.41, 5.74) is -0.421. The minimum Gasteiger partial charge on any atom is -0.465 e. The molecule has 0 aromatic heterocycles. The molecule has 1 amide bonds. The summed E-state index contributed by atoms with van der Waals surface area (Å²) in [5.74, 6) is 0. The van der Waals surface area contributed by atoms with E-state index < -0.39 is 17.7 Å². The quantitative estimate of drug-likeness (QED) is 0.652. The molecule has 0 spiro atoms. The van der Waals surface area contributed by atoms with Crippen LogP contribution in [0.5, 0.6) is 0 Å². The highest BCUT2D eigenvalue weighted by Gasteiger charge is 2.35. The number of carbonyl (C=O) groups is 1. The van der Waals surface area contributed by atoms with E-state index in [9.17, 15) is 4.79 Å². The number of ether oxygens (including phenoxy) is 1. The predicted molar refractivity (Wildman–Crippen MR) is 50.3 cm³/mol. The van der Waals surface area contributed by atoms with Gasteiger partial charge in [0.05, 0.1) is 19.3 Å². The Bertz CT molecular complexity index is 217. The number of hydrogen-bond acceptors (Lipinski definition) is 3. The first kappa shape index (κ1) is 11.3. The van der Waals surface area contributed by atoms with Crippen LogP contribution in [0.1, 0.15) is 20.3 Å². The zero-order valence-corrected chi connectivity index (χ0v) is 8.56. The van der Waals surface area contributed by atoms with Crippen molar-refractivity contribution < 1.29 is 19.7 Å². The van der Waals surface area contributed by atoms with Crippen LogP contribution >= 0.6 is 0 Å². The van der Waals surface area contributed by atoms with E-state index in [-0.39, 0.29) is 13.2 Å². The third kappa shape index (κ3) is 2.36. The van der Waals surface area contributed by atoms with Crippen LogP contribution in [-0.4, -0.2) is 52.6 Å². The van der Waals surface area contributed by atoms with Crippen LogP contribution in [0.4, 0.5) is 4.79 Å². The third-order valence-corrected chi connectivity index (χ3v) is 2.62. The Kier molecular flexibility index (Phi) is 3.34. The molecule has 82 valence electrons. The maximum Gasteiger partial charge on any atom is 0.407 e. The molecule has 1 aliphatic rings. The molecule has 5 nitrogen and oxygen atoms in total. The second-order valence-corrected chi connectivity index (χ2v) is 4.13. The molecule has 1 rings (SSSR count). The van der Waals surface area contributed by atoms with E-state index in [2.05, 4.69) is 0 Å². The Balaban J connectivity index is 2.77. The molecule has 0 aromatic rings. The predicted octanol–water partition coefficient (Wildman–Crippen LogP) is 0.526. The number of amides is 1. The summed E-state index contributed by atoms with van der Waals surface area (Å²) in [5, 5.41) is 17.9. The van der Waals surface area contributed by atoms with E-state index >= 15 is 0 Å². The highest BCUT2D eigenvalue weighted by molar-refractivity contribution is 5.66. The summed E-state index contributed by atoms with van der Waals surface area (Å²) in [7, 11) is 0. The molecule has 1 heterocycles. The second kappa shape index (κ2) is 4.14. The van der Waals surface area contributed by atoms with Gasteiger partial charge in [-0.3, -0.25) is 0 Å². The molecule has 0 unspecified atom stereocenters. The van der Waals surface area contributed by atoms with Gasteiger partial charge in [-0.2, -0.15) is 0 Å². The van der Waals surface area contributed by atoms with Crippen molar-refractivity contribution in [1.82, 2.24) is 4.90 Å². The van der Waals surface area contributed by atoms with Crippen molar-refractivity contribution in [1.29, 1.82) is 0 Å². The minimum absolute atomic E-state index is 0.139. The van der Waals surface area contributed by atoms with Gasteiger partial charge < -0.3 is 19.8 Å².